The highest BCUT2D eigenvalue weighted by Gasteiger charge is 2.27. The van der Waals surface area contributed by atoms with Gasteiger partial charge in [-0.1, -0.05) is 56.4 Å². The monoisotopic (exact) mass is 329 g/mol. The van der Waals surface area contributed by atoms with Crippen molar-refractivity contribution in [3.63, 3.8) is 0 Å². The highest BCUT2D eigenvalue weighted by atomic mass is 15.0. The van der Waals surface area contributed by atoms with E-state index >= 15 is 0 Å². The van der Waals surface area contributed by atoms with Crippen LogP contribution < -0.4 is 15.9 Å². The van der Waals surface area contributed by atoms with Crippen molar-refractivity contribution in [1.29, 1.82) is 0 Å². The first-order chi connectivity index (χ1) is 12.2. The van der Waals surface area contributed by atoms with Crippen molar-refractivity contribution in [2.75, 3.05) is 0 Å². The van der Waals surface area contributed by atoms with Gasteiger partial charge in [-0.25, -0.2) is 0 Å². The van der Waals surface area contributed by atoms with E-state index in [1.54, 1.807) is 0 Å². The van der Waals surface area contributed by atoms with Crippen molar-refractivity contribution < 1.29 is 0 Å². The number of nitrogens with zero attached hydrogens (tertiary/aromatic N) is 1. The van der Waals surface area contributed by atoms with Gasteiger partial charge in [0, 0.05) is 39.3 Å². The first kappa shape index (κ1) is 14.8. The lowest BCUT2D eigenvalue weighted by Crippen LogP contribution is -2.36. The van der Waals surface area contributed by atoms with Gasteiger partial charge in [-0.15, -0.1) is 0 Å². The number of para-hydroxylation sites is 1. The number of fused-ring (bicyclic) bond motifs is 4. The van der Waals surface area contributed by atoms with Crippen molar-refractivity contribution in [1.82, 2.24) is 10.3 Å². The summed E-state index contributed by atoms with van der Waals surface area (Å²) in [6.07, 6.45) is 14.5. The maximum absolute atomic E-state index is 4.85. The fourth-order valence-corrected chi connectivity index (χ4v) is 4.27. The molecule has 2 aliphatic carbocycles. The number of hydrogen-bond donors (Lipinski definition) is 2. The summed E-state index contributed by atoms with van der Waals surface area (Å²) >= 11 is 0. The number of allylic oxidation sites excluding steroid dienone is 2. The molecule has 3 unspecified atom stereocenters. The molecule has 2 heterocycles. The summed E-state index contributed by atoms with van der Waals surface area (Å²) in [4.78, 5) is 8.53. The average Bonchev–Trinajstić information content (AvgIpc) is 2.99. The highest BCUT2D eigenvalue weighted by Crippen LogP contribution is 2.29. The molecular weight excluding hydrogens is 306 g/mol. The van der Waals surface area contributed by atoms with Crippen LogP contribution in [0.15, 0.2) is 47.1 Å². The quantitative estimate of drug-likeness (QED) is 0.830. The molecular formula is C22H23N3. The molecule has 3 aliphatic rings. The lowest BCUT2D eigenvalue weighted by atomic mass is 9.91. The second kappa shape index (κ2) is 5.48. The van der Waals surface area contributed by atoms with E-state index in [4.69, 9.17) is 4.99 Å². The second-order valence-electron chi connectivity index (χ2n) is 7.54. The molecule has 1 aromatic heterocycles. The Hall–Kier alpha value is -2.55. The van der Waals surface area contributed by atoms with E-state index in [-0.39, 0.29) is 12.1 Å². The zero-order valence-electron chi connectivity index (χ0n) is 14.7. The molecule has 25 heavy (non-hydrogen) atoms. The topological polar surface area (TPSA) is 40.2 Å². The molecule has 0 bridgehead atoms. The Kier molecular flexibility index (Phi) is 3.24. The summed E-state index contributed by atoms with van der Waals surface area (Å²) in [5.41, 5.74) is 3.73. The van der Waals surface area contributed by atoms with Crippen LogP contribution in [0, 0.1) is 11.8 Å². The van der Waals surface area contributed by atoms with Crippen LogP contribution in [0.4, 0.5) is 0 Å². The van der Waals surface area contributed by atoms with Crippen molar-refractivity contribution in [2.45, 2.75) is 32.4 Å². The van der Waals surface area contributed by atoms with Crippen LogP contribution >= 0.6 is 0 Å². The summed E-state index contributed by atoms with van der Waals surface area (Å²) in [7, 11) is 0. The zero-order chi connectivity index (χ0) is 17.0. The SMILES string of the molecule is CC1C=CC=C2NC(c3cccc4c5c([nH]c34)=C[C@@H](C)CC=5)C=NC21. The van der Waals surface area contributed by atoms with Gasteiger partial charge in [0.05, 0.1) is 17.6 Å². The summed E-state index contributed by atoms with van der Waals surface area (Å²) in [5.74, 6) is 1.05. The van der Waals surface area contributed by atoms with Crippen LogP contribution in [0.3, 0.4) is 0 Å². The molecule has 2 N–H and O–H groups in total. The van der Waals surface area contributed by atoms with Gasteiger partial charge < -0.3 is 10.3 Å². The molecule has 1 aliphatic heterocycles. The fourth-order valence-electron chi connectivity index (χ4n) is 4.27. The lowest BCUT2D eigenvalue weighted by Gasteiger charge is -2.32. The Morgan fingerprint density at radius 1 is 1.20 bits per heavy atom. The van der Waals surface area contributed by atoms with E-state index in [1.807, 2.05) is 0 Å². The number of aliphatic imine (C=N–C) groups is 1. The van der Waals surface area contributed by atoms with Crippen LogP contribution in [-0.2, 0) is 0 Å². The minimum Gasteiger partial charge on any atom is -0.375 e. The Labute approximate surface area is 147 Å². The molecule has 3 heteroatoms. The maximum atomic E-state index is 4.85. The lowest BCUT2D eigenvalue weighted by molar-refractivity contribution is 0.527. The predicted octanol–water partition coefficient (Wildman–Crippen LogP) is 2.94. The van der Waals surface area contributed by atoms with Gasteiger partial charge in [0.1, 0.15) is 0 Å². The van der Waals surface area contributed by atoms with Crippen LogP contribution in [0.1, 0.15) is 31.9 Å². The third-order valence-corrected chi connectivity index (χ3v) is 5.64. The molecule has 126 valence electrons. The first-order valence-electron chi connectivity index (χ1n) is 9.21. The van der Waals surface area contributed by atoms with Gasteiger partial charge in [0.2, 0.25) is 0 Å². The average molecular weight is 329 g/mol. The summed E-state index contributed by atoms with van der Waals surface area (Å²) in [5, 5.41) is 7.64. The van der Waals surface area contributed by atoms with Gasteiger partial charge in [0.25, 0.3) is 0 Å². The molecule has 0 spiro atoms. The number of benzene rings is 1. The highest BCUT2D eigenvalue weighted by molar-refractivity contribution is 5.88. The van der Waals surface area contributed by atoms with E-state index in [0.29, 0.717) is 11.8 Å². The Morgan fingerprint density at radius 3 is 3.04 bits per heavy atom. The van der Waals surface area contributed by atoms with E-state index in [1.165, 1.54) is 32.7 Å². The van der Waals surface area contributed by atoms with Crippen LogP contribution in [0.5, 0.6) is 0 Å². The first-order valence-corrected chi connectivity index (χ1v) is 9.21. The molecule has 4 atom stereocenters. The molecule has 0 radical (unpaired) electrons. The van der Waals surface area contributed by atoms with Gasteiger partial charge in [-0.3, -0.25) is 4.99 Å². The molecule has 0 fully saturated rings. The molecule has 0 saturated carbocycles. The largest absolute Gasteiger partial charge is 0.375 e. The Balaban J connectivity index is 1.64. The number of H-pyrrole nitrogens is 1. The molecule has 0 amide bonds. The summed E-state index contributed by atoms with van der Waals surface area (Å²) in [6.45, 7) is 4.49. The number of aromatic nitrogens is 1. The van der Waals surface area contributed by atoms with Gasteiger partial charge >= 0.3 is 0 Å². The van der Waals surface area contributed by atoms with Gasteiger partial charge in [-0.2, -0.15) is 0 Å². The van der Waals surface area contributed by atoms with Crippen molar-refractivity contribution in [3.8, 4) is 0 Å². The molecule has 1 aromatic carbocycles. The number of hydrogen-bond acceptors (Lipinski definition) is 2. The zero-order valence-corrected chi connectivity index (χ0v) is 14.7. The molecule has 0 saturated heterocycles. The molecule has 2 aromatic rings. The Bertz CT molecular complexity index is 1050. The number of rotatable bonds is 1. The number of nitrogens with one attached hydrogen (secondary N) is 2. The van der Waals surface area contributed by atoms with Crippen molar-refractivity contribution in [3.05, 3.63) is 58.3 Å². The normalized spacial score (nSPS) is 29.9. The standard InChI is InChI=1S/C22H23N3/c1-13-9-10-15-16-6-4-7-17(22(16)25-19(15)11-13)20-12-23-21-14(2)5-3-8-18(21)24-20/h3-8,10-14,20-21,24-25H,9H2,1-2H3/t13-,14?,20?,21?/m0/s1. The van der Waals surface area contributed by atoms with Gasteiger partial charge in [0.15, 0.2) is 0 Å². The van der Waals surface area contributed by atoms with Crippen LogP contribution in [0.25, 0.3) is 23.1 Å². The van der Waals surface area contributed by atoms with E-state index < -0.39 is 0 Å². The summed E-state index contributed by atoms with van der Waals surface area (Å²) in [6, 6.07) is 6.95. The third kappa shape index (κ3) is 2.30. The second-order valence-corrected chi connectivity index (χ2v) is 7.54. The van der Waals surface area contributed by atoms with Crippen molar-refractivity contribution in [2.24, 2.45) is 16.8 Å². The minimum atomic E-state index is 0.113. The van der Waals surface area contributed by atoms with E-state index in [0.717, 1.165) is 6.42 Å². The van der Waals surface area contributed by atoms with E-state index in [9.17, 15) is 0 Å². The van der Waals surface area contributed by atoms with Crippen LogP contribution in [0.2, 0.25) is 0 Å². The summed E-state index contributed by atoms with van der Waals surface area (Å²) < 4.78 is 0. The molecule has 5 rings (SSSR count). The fraction of sp³-hybridized carbons (Fsp3) is 0.318. The minimum absolute atomic E-state index is 0.113. The Morgan fingerprint density at radius 2 is 2.12 bits per heavy atom. The van der Waals surface area contributed by atoms with E-state index in [2.05, 4.69) is 78.9 Å². The van der Waals surface area contributed by atoms with Crippen molar-refractivity contribution >= 4 is 29.3 Å². The predicted molar refractivity (Wildman–Crippen MR) is 105 cm³/mol. The third-order valence-electron chi connectivity index (χ3n) is 5.64. The van der Waals surface area contributed by atoms with Crippen LogP contribution in [-0.4, -0.2) is 17.2 Å². The van der Waals surface area contributed by atoms with Gasteiger partial charge in [-0.05, 0) is 18.4 Å². The maximum Gasteiger partial charge on any atom is 0.0951 e. The molecule has 3 nitrogen and oxygen atoms in total. The number of aromatic amines is 1. The smallest absolute Gasteiger partial charge is 0.0951 e.